The fourth-order valence-corrected chi connectivity index (χ4v) is 6.59. The maximum absolute atomic E-state index is 13.7. The Bertz CT molecular complexity index is 1340. The number of ether oxygens (including phenoxy) is 1. The summed E-state index contributed by atoms with van der Waals surface area (Å²) in [7, 11) is 0. The number of carboxylic acids is 1. The topological polar surface area (TPSA) is 128 Å². The number of nitrogens with one attached hydrogen (secondary N) is 1. The number of piperidine rings is 1. The second kappa shape index (κ2) is 15.6. The van der Waals surface area contributed by atoms with Crippen LogP contribution in [0.25, 0.3) is 0 Å². The molecule has 1 unspecified atom stereocenters. The van der Waals surface area contributed by atoms with Gasteiger partial charge in [-0.25, -0.2) is 14.8 Å². The molecule has 0 bridgehead atoms. The normalized spacial score (nSPS) is 23.4. The van der Waals surface area contributed by atoms with Gasteiger partial charge in [0.15, 0.2) is 0 Å². The standard InChI is InChI=1S/C32H41F6N5O5/c1-3-24-14-26(15-25(4-2)43(24)30(47)48-27-7-5-20(6-8-27)28(45)46)42(29-40-16-23(17-41-29)39-9-10-44)18-19-11-21(31(33,34)35)13-22(12-19)32(36,37)38/h11-13,16-17,20,24-27,39,44H,3-10,14-15,18H2,1-2H3,(H,45,46)/t20?,24-,25+,26?,27?. The molecule has 2 aliphatic rings. The molecule has 3 atom stereocenters. The van der Waals surface area contributed by atoms with E-state index in [0.717, 1.165) is 0 Å². The number of aliphatic hydroxyl groups excluding tert-OH is 1. The van der Waals surface area contributed by atoms with Gasteiger partial charge in [0.05, 0.1) is 41.7 Å². The number of hydrogen-bond acceptors (Lipinski definition) is 8. The first-order valence-corrected chi connectivity index (χ1v) is 16.1. The van der Waals surface area contributed by atoms with Gasteiger partial charge in [0.1, 0.15) is 6.10 Å². The number of nitrogens with zero attached hydrogens (tertiary/aromatic N) is 4. The second-order valence-electron chi connectivity index (χ2n) is 12.3. The number of likely N-dealkylation sites (tertiary alicyclic amines) is 1. The monoisotopic (exact) mass is 689 g/mol. The van der Waals surface area contributed by atoms with Crippen LogP contribution in [-0.4, -0.2) is 74.5 Å². The molecule has 2 heterocycles. The van der Waals surface area contributed by atoms with Crippen LogP contribution >= 0.6 is 0 Å². The Balaban J connectivity index is 1.64. The van der Waals surface area contributed by atoms with Gasteiger partial charge in [0.2, 0.25) is 5.95 Å². The molecule has 1 aliphatic carbocycles. The number of anilines is 2. The Kier molecular flexibility index (Phi) is 12.0. The van der Waals surface area contributed by atoms with E-state index in [4.69, 9.17) is 9.84 Å². The summed E-state index contributed by atoms with van der Waals surface area (Å²) >= 11 is 0. The number of rotatable bonds is 11. The van der Waals surface area contributed by atoms with Crippen LogP contribution in [0.15, 0.2) is 30.6 Å². The van der Waals surface area contributed by atoms with Gasteiger partial charge in [-0.15, -0.1) is 0 Å². The number of halogens is 6. The fourth-order valence-electron chi connectivity index (χ4n) is 6.59. The number of aliphatic carboxylic acids is 1. The summed E-state index contributed by atoms with van der Waals surface area (Å²) in [5.41, 5.74) is -2.63. The quantitative estimate of drug-likeness (QED) is 0.220. The molecule has 2 aromatic rings. The summed E-state index contributed by atoms with van der Waals surface area (Å²) < 4.78 is 88.2. The molecule has 16 heteroatoms. The van der Waals surface area contributed by atoms with Crippen LogP contribution in [0, 0.1) is 5.92 Å². The number of carbonyl (C=O) groups excluding carboxylic acids is 1. The summed E-state index contributed by atoms with van der Waals surface area (Å²) in [6.45, 7) is 3.44. The second-order valence-corrected chi connectivity index (χ2v) is 12.3. The molecule has 1 aromatic carbocycles. The largest absolute Gasteiger partial charge is 0.481 e. The van der Waals surface area contributed by atoms with Crippen molar-refractivity contribution < 1.29 is 50.9 Å². The summed E-state index contributed by atoms with van der Waals surface area (Å²) in [6.07, 6.45) is -4.88. The molecule has 1 aliphatic heterocycles. The van der Waals surface area contributed by atoms with Crippen molar-refractivity contribution in [3.63, 3.8) is 0 Å². The Labute approximate surface area is 274 Å². The van der Waals surface area contributed by atoms with Crippen molar-refractivity contribution >= 4 is 23.7 Å². The van der Waals surface area contributed by atoms with E-state index in [1.807, 2.05) is 13.8 Å². The summed E-state index contributed by atoms with van der Waals surface area (Å²) in [5, 5.41) is 21.3. The highest BCUT2D eigenvalue weighted by Gasteiger charge is 2.42. The maximum atomic E-state index is 13.7. The van der Waals surface area contributed by atoms with Crippen LogP contribution in [0.5, 0.6) is 0 Å². The molecule has 266 valence electrons. The first-order valence-electron chi connectivity index (χ1n) is 16.1. The molecule has 48 heavy (non-hydrogen) atoms. The molecule has 1 saturated heterocycles. The average molecular weight is 690 g/mol. The molecule has 4 rings (SSSR count). The van der Waals surface area contributed by atoms with E-state index in [9.17, 15) is 41.0 Å². The first kappa shape index (κ1) is 37.0. The molecular formula is C32H41F6N5O5. The third-order valence-electron chi connectivity index (χ3n) is 9.10. The highest BCUT2D eigenvalue weighted by Crippen LogP contribution is 2.38. The van der Waals surface area contributed by atoms with Crippen LogP contribution in [0.3, 0.4) is 0 Å². The number of carboxylic acid groups (broad SMARTS) is 1. The summed E-state index contributed by atoms with van der Waals surface area (Å²) in [5.74, 6) is -1.26. The third-order valence-corrected chi connectivity index (χ3v) is 9.10. The van der Waals surface area contributed by atoms with E-state index in [1.165, 1.54) is 12.4 Å². The number of amides is 1. The van der Waals surface area contributed by atoms with Crippen molar-refractivity contribution in [2.24, 2.45) is 5.92 Å². The number of hydrogen-bond donors (Lipinski definition) is 3. The zero-order valence-electron chi connectivity index (χ0n) is 26.7. The summed E-state index contributed by atoms with van der Waals surface area (Å²) in [4.78, 5) is 36.9. The smallest absolute Gasteiger partial charge is 0.416 e. The molecule has 0 radical (unpaired) electrons. The third kappa shape index (κ3) is 9.20. The molecule has 1 aromatic heterocycles. The number of alkyl halides is 6. The Hall–Kier alpha value is -3.82. The fraction of sp³-hybridized carbons (Fsp3) is 0.625. The van der Waals surface area contributed by atoms with Gasteiger partial charge in [-0.1, -0.05) is 13.8 Å². The van der Waals surface area contributed by atoms with Crippen molar-refractivity contribution in [2.45, 2.75) is 108 Å². The Morgan fingerprint density at radius 3 is 1.94 bits per heavy atom. The van der Waals surface area contributed by atoms with E-state index in [-0.39, 0.29) is 49.4 Å². The van der Waals surface area contributed by atoms with E-state index in [0.29, 0.717) is 69.2 Å². The van der Waals surface area contributed by atoms with Crippen molar-refractivity contribution in [1.29, 1.82) is 0 Å². The van der Waals surface area contributed by atoms with Crippen LogP contribution in [0.2, 0.25) is 0 Å². The van der Waals surface area contributed by atoms with Crippen LogP contribution < -0.4 is 10.2 Å². The van der Waals surface area contributed by atoms with E-state index < -0.39 is 53.6 Å². The first-order chi connectivity index (χ1) is 22.6. The van der Waals surface area contributed by atoms with Crippen molar-refractivity contribution in [3.8, 4) is 0 Å². The Morgan fingerprint density at radius 2 is 1.48 bits per heavy atom. The van der Waals surface area contributed by atoms with Crippen molar-refractivity contribution in [3.05, 3.63) is 47.3 Å². The minimum absolute atomic E-state index is 0.0800. The van der Waals surface area contributed by atoms with Crippen LogP contribution in [0.1, 0.15) is 81.9 Å². The van der Waals surface area contributed by atoms with Gasteiger partial charge < -0.3 is 30.1 Å². The van der Waals surface area contributed by atoms with Crippen molar-refractivity contribution in [1.82, 2.24) is 14.9 Å². The van der Waals surface area contributed by atoms with E-state index >= 15 is 0 Å². The van der Waals surface area contributed by atoms with Gasteiger partial charge in [-0.2, -0.15) is 26.3 Å². The lowest BCUT2D eigenvalue weighted by atomic mass is 9.87. The molecule has 10 nitrogen and oxygen atoms in total. The molecule has 3 N–H and O–H groups in total. The lowest BCUT2D eigenvalue weighted by molar-refractivity contribution is -0.144. The number of aliphatic hydroxyl groups is 1. The number of carbonyl (C=O) groups is 2. The number of benzene rings is 1. The SMILES string of the molecule is CC[C@@H]1CC(N(Cc2cc(C(F)(F)F)cc(C(F)(F)F)c2)c2ncc(NCCO)cn2)C[C@H](CC)N1C(=O)OC1CCC(C(=O)O)CC1. The maximum Gasteiger partial charge on any atom is 0.416 e. The zero-order chi connectivity index (χ0) is 35.2. The average Bonchev–Trinajstić information content (AvgIpc) is 3.05. The molecule has 1 amide bonds. The predicted octanol–water partition coefficient (Wildman–Crippen LogP) is 6.73. The molecule has 0 spiro atoms. The van der Waals surface area contributed by atoms with E-state index in [2.05, 4.69) is 15.3 Å². The molecule has 2 fully saturated rings. The van der Waals surface area contributed by atoms with Crippen LogP contribution in [0.4, 0.5) is 42.8 Å². The van der Waals surface area contributed by atoms with Crippen LogP contribution in [-0.2, 0) is 28.4 Å². The lowest BCUT2D eigenvalue weighted by Gasteiger charge is -2.47. The highest BCUT2D eigenvalue weighted by atomic mass is 19.4. The van der Waals surface area contributed by atoms with Gasteiger partial charge in [0, 0.05) is 31.2 Å². The summed E-state index contributed by atoms with van der Waals surface area (Å²) in [6, 6.07) is 0.243. The Morgan fingerprint density at radius 1 is 0.938 bits per heavy atom. The minimum Gasteiger partial charge on any atom is -0.481 e. The minimum atomic E-state index is -5.02. The van der Waals surface area contributed by atoms with Gasteiger partial charge >= 0.3 is 24.4 Å². The van der Waals surface area contributed by atoms with E-state index in [1.54, 1.807) is 9.80 Å². The molecular weight excluding hydrogens is 648 g/mol. The van der Waals surface area contributed by atoms with Gasteiger partial charge in [0.25, 0.3) is 0 Å². The van der Waals surface area contributed by atoms with Gasteiger partial charge in [-0.05, 0) is 75.1 Å². The lowest BCUT2D eigenvalue weighted by Crippen LogP contribution is -2.57. The number of aromatic nitrogens is 2. The predicted molar refractivity (Wildman–Crippen MR) is 163 cm³/mol. The van der Waals surface area contributed by atoms with Gasteiger partial charge in [-0.3, -0.25) is 4.79 Å². The highest BCUT2D eigenvalue weighted by molar-refractivity contribution is 5.70. The zero-order valence-corrected chi connectivity index (χ0v) is 26.7. The molecule has 1 saturated carbocycles. The van der Waals surface area contributed by atoms with Crippen molar-refractivity contribution in [2.75, 3.05) is 23.4 Å².